The van der Waals surface area contributed by atoms with E-state index in [-0.39, 0.29) is 10.9 Å². The van der Waals surface area contributed by atoms with E-state index in [2.05, 4.69) is 9.97 Å². The Balaban J connectivity index is 2.07. The van der Waals surface area contributed by atoms with Crippen LogP contribution < -0.4 is 0 Å². The Morgan fingerprint density at radius 3 is 2.52 bits per heavy atom. The molecule has 0 spiro atoms. The van der Waals surface area contributed by atoms with Gasteiger partial charge < -0.3 is 4.57 Å². The van der Waals surface area contributed by atoms with Crippen LogP contribution in [0.3, 0.4) is 0 Å². The van der Waals surface area contributed by atoms with Crippen molar-refractivity contribution in [1.82, 2.24) is 19.1 Å². The number of hydrogen-bond donors (Lipinski definition) is 0. The number of imidazole rings is 2. The van der Waals surface area contributed by atoms with Crippen molar-refractivity contribution >= 4 is 9.84 Å². The minimum atomic E-state index is -3.60. The molecule has 3 rings (SSSR count). The van der Waals surface area contributed by atoms with E-state index in [1.54, 1.807) is 34.8 Å². The van der Waals surface area contributed by atoms with E-state index >= 15 is 0 Å². The van der Waals surface area contributed by atoms with Gasteiger partial charge in [-0.15, -0.1) is 0 Å². The van der Waals surface area contributed by atoms with Gasteiger partial charge in [0.2, 0.25) is 15.0 Å². The van der Waals surface area contributed by atoms with Crippen LogP contribution >= 0.6 is 0 Å². The summed E-state index contributed by atoms with van der Waals surface area (Å²) in [4.78, 5) is 8.17. The Morgan fingerprint density at radius 1 is 1.09 bits per heavy atom. The lowest BCUT2D eigenvalue weighted by molar-refractivity contribution is 0.580. The number of nitrogens with zero attached hydrogens (tertiary/aromatic N) is 4. The second-order valence-corrected chi connectivity index (χ2v) is 7.47. The van der Waals surface area contributed by atoms with Gasteiger partial charge in [-0.1, -0.05) is 12.1 Å². The van der Waals surface area contributed by atoms with E-state index < -0.39 is 9.84 Å². The van der Waals surface area contributed by atoms with Gasteiger partial charge in [0.05, 0.1) is 5.69 Å². The summed E-state index contributed by atoms with van der Waals surface area (Å²) in [6.07, 6.45) is 6.49. The highest BCUT2D eigenvalue weighted by Crippen LogP contribution is 2.22. The average Bonchev–Trinajstić information content (AvgIpc) is 3.11. The van der Waals surface area contributed by atoms with E-state index in [0.29, 0.717) is 5.82 Å². The highest BCUT2D eigenvalue weighted by Gasteiger charge is 2.24. The minimum absolute atomic E-state index is 0.0363. The minimum Gasteiger partial charge on any atom is -0.337 e. The molecule has 0 fully saturated rings. The van der Waals surface area contributed by atoms with Gasteiger partial charge in [-0.05, 0) is 31.0 Å². The fourth-order valence-corrected chi connectivity index (χ4v) is 3.88. The highest BCUT2D eigenvalue weighted by atomic mass is 32.2. The molecule has 120 valence electrons. The highest BCUT2D eigenvalue weighted by molar-refractivity contribution is 7.90. The van der Waals surface area contributed by atoms with Crippen molar-refractivity contribution in [3.8, 4) is 5.69 Å². The number of aromatic nitrogens is 4. The molecule has 3 aromatic rings. The Labute approximate surface area is 135 Å². The van der Waals surface area contributed by atoms with Crippen molar-refractivity contribution in [2.24, 2.45) is 7.05 Å². The van der Waals surface area contributed by atoms with Crippen molar-refractivity contribution in [3.05, 3.63) is 59.9 Å². The number of hydrogen-bond acceptors (Lipinski definition) is 4. The maximum absolute atomic E-state index is 12.8. The molecule has 23 heavy (non-hydrogen) atoms. The lowest BCUT2D eigenvalue weighted by Crippen LogP contribution is -2.14. The summed E-state index contributed by atoms with van der Waals surface area (Å²) in [6, 6.07) is 5.93. The van der Waals surface area contributed by atoms with Gasteiger partial charge in [-0.25, -0.2) is 18.4 Å². The second kappa shape index (κ2) is 5.66. The van der Waals surface area contributed by atoms with Crippen LogP contribution in [0.5, 0.6) is 0 Å². The van der Waals surface area contributed by atoms with Gasteiger partial charge in [0, 0.05) is 31.8 Å². The van der Waals surface area contributed by atoms with E-state index in [1.807, 2.05) is 32.0 Å². The topological polar surface area (TPSA) is 69.8 Å². The number of sulfone groups is 1. The van der Waals surface area contributed by atoms with Crippen LogP contribution in [0.2, 0.25) is 0 Å². The van der Waals surface area contributed by atoms with E-state index in [4.69, 9.17) is 0 Å². The van der Waals surface area contributed by atoms with Crippen LogP contribution in [0, 0.1) is 13.8 Å². The standard InChI is InChI=1S/C16H18N4O2S/c1-12-4-5-13(2)14(10-12)20-9-7-18-16(20)23(21,22)11-15-17-6-8-19(15)3/h4-10H,11H2,1-3H3. The van der Waals surface area contributed by atoms with Gasteiger partial charge in [-0.2, -0.15) is 0 Å². The maximum Gasteiger partial charge on any atom is 0.232 e. The first kappa shape index (κ1) is 15.5. The molecule has 0 saturated heterocycles. The Bertz CT molecular complexity index is 954. The summed E-state index contributed by atoms with van der Waals surface area (Å²) in [5.74, 6) is 0.304. The Kier molecular flexibility index (Phi) is 3.81. The number of rotatable bonds is 4. The average molecular weight is 330 g/mol. The predicted molar refractivity (Wildman–Crippen MR) is 87.1 cm³/mol. The molecule has 0 unspecified atom stereocenters. The summed E-state index contributed by atoms with van der Waals surface area (Å²) in [7, 11) is -1.83. The molecule has 2 aromatic heterocycles. The SMILES string of the molecule is Cc1ccc(C)c(-n2ccnc2S(=O)(=O)Cc2nccn2C)c1. The zero-order valence-corrected chi connectivity index (χ0v) is 14.1. The summed E-state index contributed by atoms with van der Waals surface area (Å²) in [6.45, 7) is 3.92. The first-order chi connectivity index (χ1) is 10.9. The zero-order chi connectivity index (χ0) is 16.6. The fraction of sp³-hybridized carbons (Fsp3) is 0.250. The van der Waals surface area contributed by atoms with Crippen LogP contribution in [0.25, 0.3) is 5.69 Å². The third-order valence-electron chi connectivity index (χ3n) is 3.75. The molecule has 1 aromatic carbocycles. The van der Waals surface area contributed by atoms with Gasteiger partial charge >= 0.3 is 0 Å². The summed E-state index contributed by atoms with van der Waals surface area (Å²) < 4.78 is 28.9. The summed E-state index contributed by atoms with van der Waals surface area (Å²) in [5.41, 5.74) is 2.87. The normalized spacial score (nSPS) is 11.8. The van der Waals surface area contributed by atoms with Crippen LogP contribution in [0.15, 0.2) is 48.1 Å². The van der Waals surface area contributed by atoms with Crippen LogP contribution in [0.4, 0.5) is 0 Å². The second-order valence-electron chi connectivity index (χ2n) is 5.58. The monoisotopic (exact) mass is 330 g/mol. The van der Waals surface area contributed by atoms with E-state index in [1.165, 1.54) is 6.20 Å². The van der Waals surface area contributed by atoms with Crippen LogP contribution in [-0.2, 0) is 22.6 Å². The molecule has 0 N–H and O–H groups in total. The molecule has 0 saturated carbocycles. The Hall–Kier alpha value is -2.41. The molecular formula is C16H18N4O2S. The van der Waals surface area contributed by atoms with Gasteiger partial charge in [0.15, 0.2) is 0 Å². The third-order valence-corrected chi connectivity index (χ3v) is 5.25. The molecule has 6 nitrogen and oxygen atoms in total. The van der Waals surface area contributed by atoms with Crippen LogP contribution in [0.1, 0.15) is 17.0 Å². The van der Waals surface area contributed by atoms with Crippen LogP contribution in [-0.4, -0.2) is 27.5 Å². The van der Waals surface area contributed by atoms with Crippen molar-refractivity contribution < 1.29 is 8.42 Å². The molecular weight excluding hydrogens is 312 g/mol. The zero-order valence-electron chi connectivity index (χ0n) is 13.3. The van der Waals surface area contributed by atoms with Gasteiger partial charge in [0.25, 0.3) is 0 Å². The van der Waals surface area contributed by atoms with Crippen molar-refractivity contribution in [2.45, 2.75) is 24.8 Å². The third kappa shape index (κ3) is 2.92. The first-order valence-corrected chi connectivity index (χ1v) is 8.83. The molecule has 2 heterocycles. The quantitative estimate of drug-likeness (QED) is 0.735. The summed E-state index contributed by atoms with van der Waals surface area (Å²) in [5, 5.41) is 0.0363. The summed E-state index contributed by atoms with van der Waals surface area (Å²) >= 11 is 0. The molecule has 0 bridgehead atoms. The smallest absolute Gasteiger partial charge is 0.232 e. The fourth-order valence-electron chi connectivity index (χ4n) is 2.45. The predicted octanol–water partition coefficient (Wildman–Crippen LogP) is 2.20. The molecule has 0 aliphatic carbocycles. The number of aryl methyl sites for hydroxylation is 3. The molecule has 7 heteroatoms. The van der Waals surface area contributed by atoms with Gasteiger partial charge in [-0.3, -0.25) is 4.57 Å². The van der Waals surface area contributed by atoms with E-state index in [0.717, 1.165) is 16.8 Å². The molecule has 0 aliphatic heterocycles. The van der Waals surface area contributed by atoms with Gasteiger partial charge in [0.1, 0.15) is 11.6 Å². The lowest BCUT2D eigenvalue weighted by Gasteiger charge is -2.12. The number of benzene rings is 1. The first-order valence-electron chi connectivity index (χ1n) is 7.18. The molecule has 0 radical (unpaired) electrons. The largest absolute Gasteiger partial charge is 0.337 e. The molecule has 0 atom stereocenters. The van der Waals surface area contributed by atoms with Crippen molar-refractivity contribution in [2.75, 3.05) is 0 Å². The lowest BCUT2D eigenvalue weighted by atomic mass is 10.1. The molecule has 0 amide bonds. The van der Waals surface area contributed by atoms with Crippen molar-refractivity contribution in [1.29, 1.82) is 0 Å². The van der Waals surface area contributed by atoms with Crippen molar-refractivity contribution in [3.63, 3.8) is 0 Å². The molecule has 0 aliphatic rings. The maximum atomic E-state index is 12.8. The Morgan fingerprint density at radius 2 is 1.83 bits per heavy atom. The van der Waals surface area contributed by atoms with E-state index in [9.17, 15) is 8.42 Å².